The van der Waals surface area contributed by atoms with E-state index in [4.69, 9.17) is 5.73 Å². The van der Waals surface area contributed by atoms with Crippen LogP contribution in [0.3, 0.4) is 0 Å². The molecule has 2 atom stereocenters. The fourth-order valence-corrected chi connectivity index (χ4v) is 2.67. The average molecular weight is 240 g/mol. The molecule has 0 aliphatic carbocycles. The third-order valence-corrected chi connectivity index (χ3v) is 3.91. The first-order valence-corrected chi connectivity index (χ1v) is 7.21. The molecule has 0 bridgehead atoms. The van der Waals surface area contributed by atoms with Gasteiger partial charge >= 0.3 is 0 Å². The number of hydrogen-bond donors (Lipinski definition) is 1. The number of amides is 1. The molecule has 0 unspecified atom stereocenters. The van der Waals surface area contributed by atoms with E-state index in [9.17, 15) is 4.79 Å². The lowest BCUT2D eigenvalue weighted by Crippen LogP contribution is -2.44. The highest BCUT2D eigenvalue weighted by Crippen LogP contribution is 2.21. The van der Waals surface area contributed by atoms with Gasteiger partial charge in [-0.3, -0.25) is 4.79 Å². The number of unbranched alkanes of at least 4 members (excludes halogenated alkanes) is 1. The van der Waals surface area contributed by atoms with Gasteiger partial charge in [-0.1, -0.05) is 26.7 Å². The number of rotatable bonds is 6. The van der Waals surface area contributed by atoms with Gasteiger partial charge in [0, 0.05) is 19.0 Å². The van der Waals surface area contributed by atoms with Crippen LogP contribution in [0, 0.1) is 11.8 Å². The molecule has 2 N–H and O–H groups in total. The first kappa shape index (κ1) is 14.5. The Labute approximate surface area is 106 Å². The summed E-state index contributed by atoms with van der Waals surface area (Å²) in [6.07, 6.45) is 6.68. The Morgan fingerprint density at radius 2 is 2.24 bits per heavy atom. The number of carbonyl (C=O) groups is 1. The highest BCUT2D eigenvalue weighted by molar-refractivity contribution is 5.78. The summed E-state index contributed by atoms with van der Waals surface area (Å²) in [5.41, 5.74) is 5.72. The van der Waals surface area contributed by atoms with E-state index in [1.54, 1.807) is 0 Å². The van der Waals surface area contributed by atoms with E-state index < -0.39 is 0 Å². The third kappa shape index (κ3) is 4.30. The summed E-state index contributed by atoms with van der Waals surface area (Å²) in [6.45, 7) is 6.86. The van der Waals surface area contributed by atoms with Gasteiger partial charge in [0.05, 0.1) is 0 Å². The van der Waals surface area contributed by atoms with E-state index in [0.29, 0.717) is 11.8 Å². The topological polar surface area (TPSA) is 46.3 Å². The van der Waals surface area contributed by atoms with Gasteiger partial charge in [-0.2, -0.15) is 0 Å². The first-order chi connectivity index (χ1) is 8.22. The van der Waals surface area contributed by atoms with Crippen molar-refractivity contribution in [1.29, 1.82) is 0 Å². The molecular formula is C14H28N2O. The second kappa shape index (κ2) is 7.70. The summed E-state index contributed by atoms with van der Waals surface area (Å²) in [5, 5.41) is 0. The monoisotopic (exact) mass is 240 g/mol. The van der Waals surface area contributed by atoms with E-state index >= 15 is 0 Å². The van der Waals surface area contributed by atoms with Crippen molar-refractivity contribution in [3.8, 4) is 0 Å². The van der Waals surface area contributed by atoms with Crippen LogP contribution in [0.4, 0.5) is 0 Å². The highest BCUT2D eigenvalue weighted by Gasteiger charge is 2.26. The number of likely N-dealkylation sites (tertiary alicyclic amines) is 1. The van der Waals surface area contributed by atoms with Crippen molar-refractivity contribution in [2.75, 3.05) is 19.6 Å². The van der Waals surface area contributed by atoms with Gasteiger partial charge < -0.3 is 10.6 Å². The minimum Gasteiger partial charge on any atom is -0.342 e. The molecule has 1 aliphatic rings. The minimum absolute atomic E-state index is 0.242. The second-order valence-electron chi connectivity index (χ2n) is 5.28. The fourth-order valence-electron chi connectivity index (χ4n) is 2.67. The van der Waals surface area contributed by atoms with Crippen LogP contribution >= 0.6 is 0 Å². The van der Waals surface area contributed by atoms with E-state index in [2.05, 4.69) is 18.7 Å². The largest absolute Gasteiger partial charge is 0.342 e. The van der Waals surface area contributed by atoms with Gasteiger partial charge in [0.25, 0.3) is 0 Å². The molecule has 3 heteroatoms. The smallest absolute Gasteiger partial charge is 0.225 e. The zero-order valence-corrected chi connectivity index (χ0v) is 11.5. The normalized spacial score (nSPS) is 22.5. The van der Waals surface area contributed by atoms with Crippen molar-refractivity contribution in [1.82, 2.24) is 4.90 Å². The SMILES string of the molecule is CCCC[C@@H](CC)C(=O)N1CCC[C@@H](CN)C1. The maximum absolute atomic E-state index is 12.4. The quantitative estimate of drug-likeness (QED) is 0.775. The predicted molar refractivity (Wildman–Crippen MR) is 71.7 cm³/mol. The van der Waals surface area contributed by atoms with Crippen LogP contribution in [0.2, 0.25) is 0 Å². The number of hydrogen-bond acceptors (Lipinski definition) is 2. The van der Waals surface area contributed by atoms with Crippen molar-refractivity contribution in [2.24, 2.45) is 17.6 Å². The second-order valence-corrected chi connectivity index (χ2v) is 5.28. The zero-order valence-electron chi connectivity index (χ0n) is 11.5. The molecule has 0 saturated carbocycles. The summed E-state index contributed by atoms with van der Waals surface area (Å²) in [5.74, 6) is 1.14. The van der Waals surface area contributed by atoms with Crippen LogP contribution in [-0.4, -0.2) is 30.4 Å². The predicted octanol–water partition coefficient (Wildman–Crippen LogP) is 2.40. The van der Waals surface area contributed by atoms with Gasteiger partial charge in [0.2, 0.25) is 5.91 Å². The van der Waals surface area contributed by atoms with Crippen molar-refractivity contribution < 1.29 is 4.79 Å². The van der Waals surface area contributed by atoms with E-state index in [-0.39, 0.29) is 5.92 Å². The Morgan fingerprint density at radius 3 is 2.82 bits per heavy atom. The fraction of sp³-hybridized carbons (Fsp3) is 0.929. The summed E-state index contributed by atoms with van der Waals surface area (Å²) in [6, 6.07) is 0. The molecule has 0 spiro atoms. The molecule has 0 aromatic heterocycles. The Hall–Kier alpha value is -0.570. The maximum Gasteiger partial charge on any atom is 0.225 e. The van der Waals surface area contributed by atoms with Crippen LogP contribution in [-0.2, 0) is 4.79 Å². The lowest BCUT2D eigenvalue weighted by atomic mass is 9.93. The zero-order chi connectivity index (χ0) is 12.7. The van der Waals surface area contributed by atoms with Crippen LogP contribution in [0.1, 0.15) is 52.4 Å². The maximum atomic E-state index is 12.4. The molecule has 0 aromatic carbocycles. The summed E-state index contributed by atoms with van der Waals surface area (Å²) in [7, 11) is 0. The molecule has 1 amide bonds. The molecule has 1 rings (SSSR count). The van der Waals surface area contributed by atoms with Gasteiger partial charge in [-0.25, -0.2) is 0 Å². The average Bonchev–Trinajstić information content (AvgIpc) is 2.39. The van der Waals surface area contributed by atoms with Crippen molar-refractivity contribution in [3.05, 3.63) is 0 Å². The summed E-state index contributed by atoms with van der Waals surface area (Å²) >= 11 is 0. The summed E-state index contributed by atoms with van der Waals surface area (Å²) in [4.78, 5) is 14.4. The van der Waals surface area contributed by atoms with E-state index in [0.717, 1.165) is 38.9 Å². The number of carbonyl (C=O) groups excluding carboxylic acids is 1. The molecule has 3 nitrogen and oxygen atoms in total. The van der Waals surface area contributed by atoms with Gasteiger partial charge in [0.1, 0.15) is 0 Å². The minimum atomic E-state index is 0.242. The van der Waals surface area contributed by atoms with Crippen LogP contribution in [0.25, 0.3) is 0 Å². The number of nitrogens with two attached hydrogens (primary N) is 1. The Balaban J connectivity index is 2.48. The standard InChI is InChI=1S/C14H28N2O/c1-3-5-8-13(4-2)14(17)16-9-6-7-12(10-15)11-16/h12-13H,3-11,15H2,1-2H3/t12-,13+/m0/s1. The van der Waals surface area contributed by atoms with Gasteiger partial charge in [-0.05, 0) is 38.1 Å². The Morgan fingerprint density at radius 1 is 1.47 bits per heavy atom. The van der Waals surface area contributed by atoms with Crippen molar-refractivity contribution in [3.63, 3.8) is 0 Å². The molecule has 0 radical (unpaired) electrons. The van der Waals surface area contributed by atoms with E-state index in [1.165, 1.54) is 19.3 Å². The van der Waals surface area contributed by atoms with E-state index in [1.807, 2.05) is 0 Å². The number of piperidine rings is 1. The molecule has 1 fully saturated rings. The van der Waals surface area contributed by atoms with Gasteiger partial charge in [-0.15, -0.1) is 0 Å². The molecule has 100 valence electrons. The lowest BCUT2D eigenvalue weighted by Gasteiger charge is -2.34. The molecular weight excluding hydrogens is 212 g/mol. The van der Waals surface area contributed by atoms with Crippen LogP contribution in [0.15, 0.2) is 0 Å². The Bertz CT molecular complexity index is 230. The van der Waals surface area contributed by atoms with Crippen LogP contribution < -0.4 is 5.73 Å². The molecule has 1 heterocycles. The molecule has 17 heavy (non-hydrogen) atoms. The highest BCUT2D eigenvalue weighted by atomic mass is 16.2. The number of nitrogens with zero attached hydrogens (tertiary/aromatic N) is 1. The molecule has 1 aliphatic heterocycles. The summed E-state index contributed by atoms with van der Waals surface area (Å²) < 4.78 is 0. The van der Waals surface area contributed by atoms with Crippen LogP contribution in [0.5, 0.6) is 0 Å². The third-order valence-electron chi connectivity index (χ3n) is 3.91. The van der Waals surface area contributed by atoms with Crippen molar-refractivity contribution >= 4 is 5.91 Å². The first-order valence-electron chi connectivity index (χ1n) is 7.21. The van der Waals surface area contributed by atoms with Gasteiger partial charge in [0.15, 0.2) is 0 Å². The molecule has 0 aromatic rings. The molecule has 1 saturated heterocycles. The lowest BCUT2D eigenvalue weighted by molar-refractivity contribution is -0.137. The van der Waals surface area contributed by atoms with Crippen molar-refractivity contribution in [2.45, 2.75) is 52.4 Å². The Kier molecular flexibility index (Phi) is 6.56.